The number of nitrogens with zero attached hydrogens (tertiary/aromatic N) is 1. The Labute approximate surface area is 206 Å². The number of hydrogen-bond donors (Lipinski definition) is 1. The smallest absolute Gasteiger partial charge is 0.266 e. The van der Waals surface area contributed by atoms with E-state index in [1.54, 1.807) is 37.3 Å². The van der Waals surface area contributed by atoms with Gasteiger partial charge >= 0.3 is 0 Å². The highest BCUT2D eigenvalue weighted by Crippen LogP contribution is 2.35. The van der Waals surface area contributed by atoms with E-state index in [-0.39, 0.29) is 11.8 Å². The van der Waals surface area contributed by atoms with Crippen LogP contribution in [0.1, 0.15) is 12.5 Å². The molecule has 1 heterocycles. The molecule has 1 aliphatic rings. The molecule has 0 spiro atoms. The SMILES string of the molecule is CC(C(=O)Nc1ccc(Cl)cc1)N1C(=O)/C(=C/c2cccc(Oc3ccccc3)c2)SC1=S. The van der Waals surface area contributed by atoms with E-state index in [0.29, 0.717) is 25.7 Å². The van der Waals surface area contributed by atoms with Crippen molar-refractivity contribution in [3.05, 3.63) is 94.4 Å². The minimum Gasteiger partial charge on any atom is -0.457 e. The summed E-state index contributed by atoms with van der Waals surface area (Å²) >= 11 is 12.5. The van der Waals surface area contributed by atoms with E-state index in [1.807, 2.05) is 54.6 Å². The summed E-state index contributed by atoms with van der Waals surface area (Å²) < 4.78 is 6.20. The number of carbonyl (C=O) groups excluding carboxylic acids is 2. The molecule has 1 atom stereocenters. The molecular weight excluding hydrogens is 476 g/mol. The third-order valence-electron chi connectivity index (χ3n) is 4.84. The minimum absolute atomic E-state index is 0.307. The number of anilines is 1. The molecule has 33 heavy (non-hydrogen) atoms. The van der Waals surface area contributed by atoms with Crippen LogP contribution in [0.15, 0.2) is 83.8 Å². The van der Waals surface area contributed by atoms with E-state index in [0.717, 1.165) is 11.3 Å². The zero-order valence-corrected chi connectivity index (χ0v) is 19.9. The maximum atomic E-state index is 13.1. The summed E-state index contributed by atoms with van der Waals surface area (Å²) in [5, 5.41) is 3.36. The number of ether oxygens (including phenoxy) is 1. The van der Waals surface area contributed by atoms with Gasteiger partial charge in [-0.1, -0.05) is 65.9 Å². The predicted molar refractivity (Wildman–Crippen MR) is 138 cm³/mol. The summed E-state index contributed by atoms with van der Waals surface area (Å²) in [6, 6.07) is 22.9. The average molecular weight is 495 g/mol. The normalized spacial score (nSPS) is 15.6. The van der Waals surface area contributed by atoms with Crippen LogP contribution in [0.3, 0.4) is 0 Å². The summed E-state index contributed by atoms with van der Waals surface area (Å²) in [7, 11) is 0. The van der Waals surface area contributed by atoms with Crippen molar-refractivity contribution in [1.29, 1.82) is 0 Å². The van der Waals surface area contributed by atoms with Crippen LogP contribution in [0.25, 0.3) is 6.08 Å². The lowest BCUT2D eigenvalue weighted by molar-refractivity contribution is -0.129. The second-order valence-corrected chi connectivity index (χ2v) is 9.32. The van der Waals surface area contributed by atoms with Crippen LogP contribution >= 0.6 is 35.6 Å². The number of thioether (sulfide) groups is 1. The van der Waals surface area contributed by atoms with Gasteiger partial charge in [0.05, 0.1) is 4.91 Å². The first kappa shape index (κ1) is 23.0. The lowest BCUT2D eigenvalue weighted by Crippen LogP contribution is -2.44. The Morgan fingerprint density at radius 3 is 2.48 bits per heavy atom. The fourth-order valence-corrected chi connectivity index (χ4v) is 4.70. The van der Waals surface area contributed by atoms with Crippen LogP contribution < -0.4 is 10.1 Å². The third-order valence-corrected chi connectivity index (χ3v) is 6.42. The number of para-hydroxylation sites is 1. The van der Waals surface area contributed by atoms with Crippen LogP contribution in [-0.2, 0) is 9.59 Å². The third kappa shape index (κ3) is 5.63. The van der Waals surface area contributed by atoms with Crippen molar-refractivity contribution in [2.75, 3.05) is 5.32 Å². The molecule has 1 aliphatic heterocycles. The van der Waals surface area contributed by atoms with E-state index < -0.39 is 6.04 Å². The Morgan fingerprint density at radius 1 is 1.06 bits per heavy atom. The molecule has 2 amide bonds. The van der Waals surface area contributed by atoms with E-state index in [1.165, 1.54) is 16.7 Å². The Kier molecular flexibility index (Phi) is 7.13. The number of carbonyl (C=O) groups is 2. The van der Waals surface area contributed by atoms with Crippen molar-refractivity contribution in [3.63, 3.8) is 0 Å². The zero-order chi connectivity index (χ0) is 23.4. The second-order valence-electron chi connectivity index (χ2n) is 7.21. The highest BCUT2D eigenvalue weighted by atomic mass is 35.5. The molecule has 3 aromatic carbocycles. The molecule has 0 aliphatic carbocycles. The molecule has 5 nitrogen and oxygen atoms in total. The fourth-order valence-electron chi connectivity index (χ4n) is 3.15. The van der Waals surface area contributed by atoms with Gasteiger partial charge in [-0.15, -0.1) is 0 Å². The van der Waals surface area contributed by atoms with Crippen LogP contribution in [0, 0.1) is 0 Å². The zero-order valence-electron chi connectivity index (χ0n) is 17.5. The van der Waals surface area contributed by atoms with Gasteiger partial charge < -0.3 is 10.1 Å². The molecule has 1 N–H and O–H groups in total. The van der Waals surface area contributed by atoms with Gasteiger partial charge in [-0.3, -0.25) is 14.5 Å². The van der Waals surface area contributed by atoms with Gasteiger partial charge in [-0.25, -0.2) is 0 Å². The average Bonchev–Trinajstić information content (AvgIpc) is 3.08. The van der Waals surface area contributed by atoms with Gasteiger partial charge in [0, 0.05) is 10.7 Å². The van der Waals surface area contributed by atoms with Crippen LogP contribution in [-0.4, -0.2) is 27.1 Å². The number of amides is 2. The van der Waals surface area contributed by atoms with E-state index in [9.17, 15) is 9.59 Å². The van der Waals surface area contributed by atoms with Gasteiger partial charge in [-0.05, 0) is 67.1 Å². The maximum Gasteiger partial charge on any atom is 0.266 e. The molecule has 1 unspecified atom stereocenters. The molecule has 0 aromatic heterocycles. The summed E-state index contributed by atoms with van der Waals surface area (Å²) in [5.74, 6) is 0.730. The van der Waals surface area contributed by atoms with Crippen LogP contribution in [0.4, 0.5) is 5.69 Å². The van der Waals surface area contributed by atoms with Crippen LogP contribution in [0.2, 0.25) is 5.02 Å². The Bertz CT molecular complexity index is 1230. The van der Waals surface area contributed by atoms with Gasteiger partial charge in [0.1, 0.15) is 21.9 Å². The van der Waals surface area contributed by atoms with E-state index in [4.69, 9.17) is 28.6 Å². The number of halogens is 1. The number of thiocarbonyl (C=S) groups is 1. The number of benzene rings is 3. The largest absolute Gasteiger partial charge is 0.457 e. The lowest BCUT2D eigenvalue weighted by Gasteiger charge is -2.22. The fraction of sp³-hybridized carbons (Fsp3) is 0.0800. The molecule has 0 radical (unpaired) electrons. The molecule has 0 saturated carbocycles. The number of nitrogens with one attached hydrogen (secondary N) is 1. The number of hydrogen-bond acceptors (Lipinski definition) is 5. The van der Waals surface area contributed by atoms with Crippen LogP contribution in [0.5, 0.6) is 11.5 Å². The van der Waals surface area contributed by atoms with Crippen molar-refractivity contribution >= 4 is 63.5 Å². The van der Waals surface area contributed by atoms with Crippen molar-refractivity contribution in [1.82, 2.24) is 4.90 Å². The molecule has 1 saturated heterocycles. The molecule has 4 rings (SSSR count). The monoisotopic (exact) mass is 494 g/mol. The summed E-state index contributed by atoms with van der Waals surface area (Å²) in [6.07, 6.45) is 1.75. The summed E-state index contributed by atoms with van der Waals surface area (Å²) in [6.45, 7) is 1.65. The highest BCUT2D eigenvalue weighted by molar-refractivity contribution is 8.26. The summed E-state index contributed by atoms with van der Waals surface area (Å²) in [4.78, 5) is 27.6. The first-order valence-electron chi connectivity index (χ1n) is 10.1. The first-order chi connectivity index (χ1) is 15.9. The van der Waals surface area contributed by atoms with Crippen molar-refractivity contribution in [3.8, 4) is 11.5 Å². The predicted octanol–water partition coefficient (Wildman–Crippen LogP) is 6.36. The molecular formula is C25H19ClN2O3S2. The Morgan fingerprint density at radius 2 is 1.76 bits per heavy atom. The highest BCUT2D eigenvalue weighted by Gasteiger charge is 2.38. The topological polar surface area (TPSA) is 58.6 Å². The Balaban J connectivity index is 1.47. The summed E-state index contributed by atoms with van der Waals surface area (Å²) in [5.41, 5.74) is 1.38. The van der Waals surface area contributed by atoms with Gasteiger partial charge in [0.2, 0.25) is 5.91 Å². The molecule has 0 bridgehead atoms. The van der Waals surface area contributed by atoms with Crippen molar-refractivity contribution in [2.45, 2.75) is 13.0 Å². The standard InChI is InChI=1S/C25H19ClN2O3S2/c1-16(23(29)27-19-12-10-18(26)11-13-19)28-24(30)22(33-25(28)32)15-17-6-5-9-21(14-17)31-20-7-3-2-4-8-20/h2-16H,1H3,(H,27,29)/b22-15-. The molecule has 3 aromatic rings. The molecule has 8 heteroatoms. The Hall–Kier alpha value is -3.13. The minimum atomic E-state index is -0.771. The van der Waals surface area contributed by atoms with Gasteiger partial charge in [0.25, 0.3) is 5.91 Å². The maximum absolute atomic E-state index is 13.1. The molecule has 1 fully saturated rings. The molecule has 166 valence electrons. The van der Waals surface area contributed by atoms with Gasteiger partial charge in [-0.2, -0.15) is 0 Å². The van der Waals surface area contributed by atoms with E-state index >= 15 is 0 Å². The second kappa shape index (κ2) is 10.2. The number of rotatable bonds is 6. The quantitative estimate of drug-likeness (QED) is 0.319. The first-order valence-corrected chi connectivity index (χ1v) is 11.7. The van der Waals surface area contributed by atoms with Crippen molar-refractivity contribution in [2.24, 2.45) is 0 Å². The lowest BCUT2D eigenvalue weighted by atomic mass is 10.2. The van der Waals surface area contributed by atoms with E-state index in [2.05, 4.69) is 5.32 Å². The van der Waals surface area contributed by atoms with Crippen molar-refractivity contribution < 1.29 is 14.3 Å². The van der Waals surface area contributed by atoms with Gasteiger partial charge in [0.15, 0.2) is 0 Å².